The average molecular weight is 1960 g/mol. The van der Waals surface area contributed by atoms with E-state index in [1.807, 2.05) is 0 Å². The van der Waals surface area contributed by atoms with E-state index in [-0.39, 0.29) is 5.75 Å². The lowest BCUT2D eigenvalue weighted by molar-refractivity contribution is -0.381. The van der Waals surface area contributed by atoms with Crippen molar-refractivity contribution in [3.63, 3.8) is 0 Å². The van der Waals surface area contributed by atoms with Crippen molar-refractivity contribution in [3.05, 3.63) is 24.3 Å². The van der Waals surface area contributed by atoms with Gasteiger partial charge < -0.3 is 189 Å². The Hall–Kier alpha value is -7.06. The van der Waals surface area contributed by atoms with E-state index in [2.05, 4.69) is 38.0 Å². The molecule has 8 fully saturated rings. The van der Waals surface area contributed by atoms with Crippen LogP contribution in [0.2, 0.25) is 0 Å². The van der Waals surface area contributed by atoms with E-state index in [0.717, 1.165) is 27.7 Å². The molecular formula is C63H92N4O58S4. The molecule has 1 aromatic rings. The van der Waals surface area contributed by atoms with Crippen LogP contribution in [0.1, 0.15) is 27.7 Å². The van der Waals surface area contributed by atoms with E-state index in [1.54, 1.807) is 0 Å². The SMILES string of the molecule is COc1ccc(O[C@@H]2O[C@H](C(=O)O)[C@@H](O[C@H]3O[C@H](COS(=O)(=O)O)[C@@H](O[C@@H]4O[C@H](C(=O)O)[C@@H](O[C@H]5O[C@H](COS(=O)(=O)O)[C@@H](O[C@@H]6O[C@H](C(=O)O)[C@@H](O[C@H]7O[C@H](COS(=O)(=O)O)[C@@H](O[C@@H]8O[C@H](C(=O)O)[C@@H](O[C@H]9O[C@H](COS(=O)(=O)O)[C@@H](O)[C@H](O)[C@H]9NC(C)=O)[C@H](O)[C@H]8O)[C@H](O)[C@H]7NC(C)=O)[C@H](O)[C@H]6O)[C@H](O)[C@H]5NC(C)=O)[C@H](O)[C@H]4O)[C@H](O)[C@H]3NC(C)=O)[C@H](O)[C@H]2O)cc1. The van der Waals surface area contributed by atoms with Crippen LogP contribution in [0.3, 0.4) is 0 Å². The molecule has 0 aromatic heterocycles. The Bertz CT molecular complexity index is 4530. The summed E-state index contributed by atoms with van der Waals surface area (Å²) in [4.78, 5) is 103. The second-order valence-corrected chi connectivity index (χ2v) is 33.7. The van der Waals surface area contributed by atoms with Crippen LogP contribution in [0.4, 0.5) is 0 Å². The Morgan fingerprint density at radius 3 is 0.744 bits per heavy atom. The van der Waals surface area contributed by atoms with Gasteiger partial charge in [0.05, 0.1) is 33.5 Å². The molecule has 8 saturated heterocycles. The van der Waals surface area contributed by atoms with E-state index in [0.29, 0.717) is 5.75 Å². The van der Waals surface area contributed by atoms with Crippen molar-refractivity contribution in [1.82, 2.24) is 21.3 Å². The molecule has 40 atom stereocenters. The Labute approximate surface area is 724 Å². The number of hydrogen-bond donors (Lipinski definition) is 25. The molecule has 0 saturated carbocycles. The van der Waals surface area contributed by atoms with Crippen LogP contribution < -0.4 is 30.7 Å². The van der Waals surface area contributed by atoms with Gasteiger partial charge in [-0.25, -0.2) is 35.9 Å². The number of carboxylic acid groups (broad SMARTS) is 4. The van der Waals surface area contributed by atoms with Gasteiger partial charge in [0.25, 0.3) is 0 Å². The maximum Gasteiger partial charge on any atom is 0.397 e. The number of methoxy groups -OCH3 is 1. The highest BCUT2D eigenvalue weighted by Crippen LogP contribution is 2.41. The van der Waals surface area contributed by atoms with Gasteiger partial charge >= 0.3 is 65.5 Å². The second kappa shape index (κ2) is 43.5. The summed E-state index contributed by atoms with van der Waals surface area (Å²) in [5, 5.41) is 201. The number of aliphatic hydroxyl groups excluding tert-OH is 13. The number of aliphatic hydroxyl groups is 13. The molecule has 9 rings (SSSR count). The minimum Gasteiger partial charge on any atom is -0.497 e. The maximum absolute atomic E-state index is 13.3. The third-order valence-electron chi connectivity index (χ3n) is 20.2. The lowest BCUT2D eigenvalue weighted by atomic mass is 9.93. The number of nitrogens with one attached hydrogen (secondary N) is 4. The smallest absolute Gasteiger partial charge is 0.397 e. The number of ether oxygens (including phenoxy) is 17. The van der Waals surface area contributed by atoms with Crippen LogP contribution in [-0.4, -0.2) is 465 Å². The zero-order chi connectivity index (χ0) is 96.2. The van der Waals surface area contributed by atoms with E-state index in [1.165, 1.54) is 31.4 Å². The lowest BCUT2D eigenvalue weighted by Crippen LogP contribution is -2.71. The van der Waals surface area contributed by atoms with Gasteiger partial charge in [0, 0.05) is 27.7 Å². The summed E-state index contributed by atoms with van der Waals surface area (Å²) in [5.74, 6) is -12.9. The normalized spacial score (nSPS) is 40.7. The highest BCUT2D eigenvalue weighted by Gasteiger charge is 2.63. The summed E-state index contributed by atoms with van der Waals surface area (Å²) < 4.78 is 246. The lowest BCUT2D eigenvalue weighted by Gasteiger charge is -2.50. The minimum absolute atomic E-state index is 0.0704. The molecule has 8 aliphatic heterocycles. The van der Waals surface area contributed by atoms with Gasteiger partial charge in [-0.05, 0) is 24.3 Å². The van der Waals surface area contributed by atoms with Crippen LogP contribution in [0.5, 0.6) is 11.5 Å². The van der Waals surface area contributed by atoms with Gasteiger partial charge in [-0.1, -0.05) is 0 Å². The molecule has 4 amide bonds. The molecule has 8 aliphatic rings. The first-order chi connectivity index (χ1) is 59.9. The summed E-state index contributed by atoms with van der Waals surface area (Å²) in [6, 6.07) is -3.51. The molecule has 0 aliphatic carbocycles. The molecule has 129 heavy (non-hydrogen) atoms. The zero-order valence-electron chi connectivity index (χ0n) is 66.4. The van der Waals surface area contributed by atoms with Crippen LogP contribution in [0, 0.1) is 0 Å². The first kappa shape index (κ1) is 106. The number of hydrogen-bond acceptors (Lipinski definition) is 50. The summed E-state index contributed by atoms with van der Waals surface area (Å²) in [5.41, 5.74) is 0. The maximum atomic E-state index is 13.3. The van der Waals surface area contributed by atoms with Crippen molar-refractivity contribution in [2.75, 3.05) is 33.5 Å². The molecule has 0 spiro atoms. The Morgan fingerprint density at radius 1 is 0.287 bits per heavy atom. The third-order valence-corrected chi connectivity index (χ3v) is 22.0. The average Bonchev–Trinajstić information content (AvgIpc) is 0.764. The Kier molecular flexibility index (Phi) is 35.6. The summed E-state index contributed by atoms with van der Waals surface area (Å²) in [6.07, 6.45) is -91.5. The van der Waals surface area contributed by atoms with E-state index in [4.69, 9.17) is 85.1 Å². The molecule has 736 valence electrons. The topological polar surface area (TPSA) is 940 Å². The Balaban J connectivity index is 0.935. The van der Waals surface area contributed by atoms with Gasteiger partial charge in [-0.15, -0.1) is 0 Å². The van der Waals surface area contributed by atoms with Gasteiger partial charge in [0.15, 0.2) is 68.4 Å². The van der Waals surface area contributed by atoms with Crippen molar-refractivity contribution in [2.45, 2.75) is 273 Å². The summed E-state index contributed by atoms with van der Waals surface area (Å²) in [6.45, 7) is -3.06. The monoisotopic (exact) mass is 1960 g/mol. The van der Waals surface area contributed by atoms with Gasteiger partial charge in [-0.2, -0.15) is 33.7 Å². The Morgan fingerprint density at radius 2 is 0.504 bits per heavy atom. The van der Waals surface area contributed by atoms with E-state index >= 15 is 0 Å². The standard InChI is InChI=1S/C63H92N4O58S4/c1-14(68)64-24-29(73)28(72)20(10-106-126(93,94)95)111-56(24)118-45-34(78)38(82)61(123-49(45)53(87)88)115-42-22(12-108-128(99,100)101)113-58(26(31(42)75)66-16(3)70)120-47-36(80)40(84)63(125-51(47)55(91)92)117-43-23(13-109-129(102,103)104)114-59(27(32(43)76)67-17(4)71)121-46-35(79)39(83)62(124-50(46)54(89)90)116-41-21(11-107-127(96,97)98)112-57(25(30(41)74)65-15(2)69)119-44-33(77)37(81)60(122-48(44)52(85)86)110-19-8-6-18(105-5)7-9-19/h6-9,20-51,56-63,72-84H,10-13H2,1-5H3,(H,64,68)(H,65,69)(H,66,70)(H,67,71)(H,85,86)(H,87,88)(H,89,90)(H,91,92)(H,93,94,95)(H,96,97,98)(H,99,100,101)(H,102,103,104)/t20-,21-,22-,23-,24-,25-,26-,27-,28-,29-,30-,31-,32-,33-,34-,35-,36-,37-,38-,39-,40-,41-,42-,43-,44+,45+,46+,47+,48+,49+,50+,51+,56-,57-,58-,59-,60-,61-,62-,63-/m1/s1. The zero-order valence-corrected chi connectivity index (χ0v) is 69.6. The van der Waals surface area contributed by atoms with E-state index < -0.39 is 361 Å². The molecule has 25 N–H and O–H groups in total. The number of amides is 4. The predicted molar refractivity (Wildman–Crippen MR) is 386 cm³/mol. The van der Waals surface area contributed by atoms with Gasteiger partial charge in [0.1, 0.15) is 182 Å². The second-order valence-electron chi connectivity index (χ2n) is 29.4. The summed E-state index contributed by atoms with van der Waals surface area (Å²) in [7, 11) is -21.0. The number of carboxylic acids is 4. The number of carbonyl (C=O) groups excluding carboxylic acids is 4. The fourth-order valence-corrected chi connectivity index (χ4v) is 15.6. The van der Waals surface area contributed by atoms with Crippen LogP contribution in [0.15, 0.2) is 24.3 Å². The van der Waals surface area contributed by atoms with Gasteiger partial charge in [-0.3, -0.25) is 37.4 Å². The largest absolute Gasteiger partial charge is 0.497 e. The molecule has 0 bridgehead atoms. The predicted octanol–water partition coefficient (Wildman–Crippen LogP) is -16.1. The summed E-state index contributed by atoms with van der Waals surface area (Å²) >= 11 is 0. The quantitative estimate of drug-likeness (QED) is 0.0275. The third kappa shape index (κ3) is 26.7. The van der Waals surface area contributed by atoms with Crippen molar-refractivity contribution in [3.8, 4) is 11.5 Å². The fourth-order valence-electron chi connectivity index (χ4n) is 14.4. The number of rotatable bonds is 37. The van der Waals surface area contributed by atoms with Crippen LogP contribution >= 0.6 is 0 Å². The van der Waals surface area contributed by atoms with E-state index in [9.17, 15) is 172 Å². The minimum atomic E-state index is -5.72. The molecule has 62 nitrogen and oxygen atoms in total. The number of benzene rings is 1. The first-order valence-electron chi connectivity index (χ1n) is 37.3. The van der Waals surface area contributed by atoms with Crippen molar-refractivity contribution in [2.24, 2.45) is 0 Å². The number of aliphatic carboxylic acids is 4. The molecule has 1 aromatic carbocycles. The number of carbonyl (C=O) groups is 8. The van der Waals surface area contributed by atoms with Crippen molar-refractivity contribution < 1.29 is 274 Å². The molecule has 0 radical (unpaired) electrons. The highest BCUT2D eigenvalue weighted by atomic mass is 32.3. The molecular weight excluding hydrogens is 1870 g/mol. The fraction of sp³-hybridized carbons (Fsp3) is 0.778. The van der Waals surface area contributed by atoms with Crippen molar-refractivity contribution in [1.29, 1.82) is 0 Å². The van der Waals surface area contributed by atoms with Crippen LogP contribution in [0.25, 0.3) is 0 Å². The van der Waals surface area contributed by atoms with Crippen LogP contribution in [-0.2, 0) is 168 Å². The van der Waals surface area contributed by atoms with Crippen molar-refractivity contribution >= 4 is 89.1 Å². The first-order valence-corrected chi connectivity index (χ1v) is 42.8. The van der Waals surface area contributed by atoms with Gasteiger partial charge in [0.2, 0.25) is 29.9 Å². The molecule has 8 heterocycles. The molecule has 66 heteroatoms. The highest BCUT2D eigenvalue weighted by molar-refractivity contribution is 7.81. The molecule has 0 unspecified atom stereocenters.